The Balaban J connectivity index is 2.08. The molecule has 4 nitrogen and oxygen atoms in total. The number of benzene rings is 1. The SMILES string of the molecule is COc1cccc(C2=CC3CCCC(C2)S3(=O)=O)c1OC. The summed E-state index contributed by atoms with van der Waals surface area (Å²) in [4.78, 5) is 0. The summed E-state index contributed by atoms with van der Waals surface area (Å²) in [6.07, 6.45) is 4.98. The molecule has 3 rings (SSSR count). The van der Waals surface area contributed by atoms with Gasteiger partial charge in [-0.05, 0) is 30.9 Å². The highest BCUT2D eigenvalue weighted by molar-refractivity contribution is 7.93. The molecule has 5 heteroatoms. The quantitative estimate of drug-likeness (QED) is 0.861. The summed E-state index contributed by atoms with van der Waals surface area (Å²) < 4.78 is 35.5. The molecule has 2 atom stereocenters. The molecule has 21 heavy (non-hydrogen) atoms. The van der Waals surface area contributed by atoms with Crippen molar-refractivity contribution in [3.63, 3.8) is 0 Å². The summed E-state index contributed by atoms with van der Waals surface area (Å²) >= 11 is 0. The third-order valence-electron chi connectivity index (χ3n) is 4.48. The van der Waals surface area contributed by atoms with E-state index in [1.165, 1.54) is 0 Å². The van der Waals surface area contributed by atoms with E-state index in [-0.39, 0.29) is 10.5 Å². The third-order valence-corrected chi connectivity index (χ3v) is 7.03. The third kappa shape index (κ3) is 2.33. The van der Waals surface area contributed by atoms with Crippen molar-refractivity contribution in [2.75, 3.05) is 14.2 Å². The van der Waals surface area contributed by atoms with Gasteiger partial charge in [0.2, 0.25) is 0 Å². The molecule has 1 fully saturated rings. The highest BCUT2D eigenvalue weighted by Gasteiger charge is 2.40. The van der Waals surface area contributed by atoms with E-state index in [0.29, 0.717) is 17.9 Å². The molecule has 2 aliphatic rings. The van der Waals surface area contributed by atoms with Gasteiger partial charge in [-0.2, -0.15) is 0 Å². The maximum Gasteiger partial charge on any atom is 0.168 e. The lowest BCUT2D eigenvalue weighted by atomic mass is 9.92. The normalized spacial score (nSPS) is 26.9. The summed E-state index contributed by atoms with van der Waals surface area (Å²) in [7, 11) is 0.230. The minimum Gasteiger partial charge on any atom is -0.493 e. The number of ether oxygens (including phenoxy) is 2. The van der Waals surface area contributed by atoms with E-state index in [1.807, 2.05) is 24.3 Å². The molecule has 2 heterocycles. The van der Waals surface area contributed by atoms with Gasteiger partial charge in [0.25, 0.3) is 0 Å². The van der Waals surface area contributed by atoms with Crippen LogP contribution in [0, 0.1) is 0 Å². The Morgan fingerprint density at radius 2 is 1.95 bits per heavy atom. The van der Waals surface area contributed by atoms with Gasteiger partial charge in [0.05, 0.1) is 24.7 Å². The molecule has 0 spiro atoms. The Morgan fingerprint density at radius 1 is 1.14 bits per heavy atom. The van der Waals surface area contributed by atoms with E-state index in [9.17, 15) is 8.42 Å². The van der Waals surface area contributed by atoms with Crippen LogP contribution in [0.1, 0.15) is 31.2 Å². The predicted octanol–water partition coefficient (Wildman–Crippen LogP) is 2.83. The van der Waals surface area contributed by atoms with E-state index < -0.39 is 9.84 Å². The number of sulfone groups is 1. The van der Waals surface area contributed by atoms with Crippen LogP contribution in [0.3, 0.4) is 0 Å². The van der Waals surface area contributed by atoms with Crippen LogP contribution >= 0.6 is 0 Å². The maximum atomic E-state index is 12.3. The van der Waals surface area contributed by atoms with Gasteiger partial charge in [-0.3, -0.25) is 0 Å². The lowest BCUT2D eigenvalue weighted by Gasteiger charge is -2.33. The minimum atomic E-state index is -2.99. The first-order valence-electron chi connectivity index (χ1n) is 7.22. The van der Waals surface area contributed by atoms with Gasteiger partial charge in [0, 0.05) is 5.56 Å². The van der Waals surface area contributed by atoms with Gasteiger partial charge in [-0.25, -0.2) is 8.42 Å². The Kier molecular flexibility index (Phi) is 3.69. The molecule has 0 radical (unpaired) electrons. The van der Waals surface area contributed by atoms with Crippen LogP contribution in [0.5, 0.6) is 11.5 Å². The van der Waals surface area contributed by atoms with Crippen molar-refractivity contribution in [1.29, 1.82) is 0 Å². The van der Waals surface area contributed by atoms with Crippen molar-refractivity contribution in [1.82, 2.24) is 0 Å². The van der Waals surface area contributed by atoms with E-state index in [2.05, 4.69) is 0 Å². The van der Waals surface area contributed by atoms with Crippen LogP contribution in [0.2, 0.25) is 0 Å². The molecule has 0 saturated carbocycles. The van der Waals surface area contributed by atoms with Gasteiger partial charge >= 0.3 is 0 Å². The Hall–Kier alpha value is -1.49. The van der Waals surface area contributed by atoms with Crippen molar-refractivity contribution < 1.29 is 17.9 Å². The predicted molar refractivity (Wildman–Crippen MR) is 82.5 cm³/mol. The first-order valence-corrected chi connectivity index (χ1v) is 8.83. The van der Waals surface area contributed by atoms with E-state index in [0.717, 1.165) is 30.4 Å². The summed E-state index contributed by atoms with van der Waals surface area (Å²) in [6.45, 7) is 0. The van der Waals surface area contributed by atoms with Crippen molar-refractivity contribution in [2.45, 2.75) is 36.2 Å². The molecule has 114 valence electrons. The minimum absolute atomic E-state index is 0.243. The van der Waals surface area contributed by atoms with Gasteiger partial charge < -0.3 is 9.47 Å². The molecular weight excluding hydrogens is 288 g/mol. The summed E-state index contributed by atoms with van der Waals surface area (Å²) in [5, 5.41) is -0.580. The number of methoxy groups -OCH3 is 2. The lowest BCUT2D eigenvalue weighted by molar-refractivity contribution is 0.354. The number of hydrogen-bond donors (Lipinski definition) is 0. The molecule has 2 unspecified atom stereocenters. The molecule has 1 aromatic rings. The number of rotatable bonds is 3. The topological polar surface area (TPSA) is 52.6 Å². The maximum absolute atomic E-state index is 12.3. The fourth-order valence-electron chi connectivity index (χ4n) is 3.40. The molecular formula is C16H20O4S. The molecule has 0 N–H and O–H groups in total. The molecule has 1 aromatic carbocycles. The fraction of sp³-hybridized carbons (Fsp3) is 0.500. The van der Waals surface area contributed by atoms with Crippen LogP contribution in [0.25, 0.3) is 5.57 Å². The van der Waals surface area contributed by atoms with Gasteiger partial charge in [-0.1, -0.05) is 24.6 Å². The zero-order valence-electron chi connectivity index (χ0n) is 12.3. The Labute approximate surface area is 125 Å². The van der Waals surface area contributed by atoms with Crippen LogP contribution in [-0.2, 0) is 9.84 Å². The van der Waals surface area contributed by atoms with Crippen LogP contribution in [0.15, 0.2) is 24.3 Å². The first kappa shape index (κ1) is 14.4. The van der Waals surface area contributed by atoms with E-state index in [4.69, 9.17) is 9.47 Å². The average Bonchev–Trinajstić information content (AvgIpc) is 2.45. The molecule has 0 aliphatic carbocycles. The molecule has 2 bridgehead atoms. The number of fused-ring (bicyclic) bond motifs is 2. The second-order valence-electron chi connectivity index (χ2n) is 5.62. The zero-order valence-corrected chi connectivity index (χ0v) is 13.2. The summed E-state index contributed by atoms with van der Waals surface area (Å²) in [6, 6.07) is 5.74. The second kappa shape index (κ2) is 5.37. The average molecular weight is 308 g/mol. The summed E-state index contributed by atoms with van der Waals surface area (Å²) in [5.74, 6) is 1.36. The largest absolute Gasteiger partial charge is 0.493 e. The standard InChI is InChI=1S/C16H20O4S/c1-19-15-8-4-7-14(16(15)20-2)11-9-12-5-3-6-13(10-11)21(12,17)18/h4,7-9,12-13H,3,5-6,10H2,1-2H3. The highest BCUT2D eigenvalue weighted by Crippen LogP contribution is 2.43. The van der Waals surface area contributed by atoms with E-state index in [1.54, 1.807) is 14.2 Å². The van der Waals surface area contributed by atoms with Crippen LogP contribution in [-0.4, -0.2) is 33.1 Å². The highest BCUT2D eigenvalue weighted by atomic mass is 32.2. The monoisotopic (exact) mass is 308 g/mol. The van der Waals surface area contributed by atoms with Gasteiger partial charge in [0.1, 0.15) is 0 Å². The second-order valence-corrected chi connectivity index (χ2v) is 8.07. The molecule has 0 amide bonds. The Morgan fingerprint density at radius 3 is 2.62 bits per heavy atom. The molecule has 2 aliphatic heterocycles. The van der Waals surface area contributed by atoms with Gasteiger partial charge in [0.15, 0.2) is 21.3 Å². The Bertz CT molecular complexity index is 676. The molecule has 1 saturated heterocycles. The van der Waals surface area contributed by atoms with Crippen molar-refractivity contribution in [3.8, 4) is 11.5 Å². The van der Waals surface area contributed by atoms with Crippen molar-refractivity contribution in [3.05, 3.63) is 29.8 Å². The van der Waals surface area contributed by atoms with Crippen LogP contribution in [0.4, 0.5) is 0 Å². The smallest absolute Gasteiger partial charge is 0.168 e. The number of allylic oxidation sites excluding steroid dienone is 1. The van der Waals surface area contributed by atoms with E-state index >= 15 is 0 Å². The van der Waals surface area contributed by atoms with Gasteiger partial charge in [-0.15, -0.1) is 0 Å². The zero-order chi connectivity index (χ0) is 15.0. The van der Waals surface area contributed by atoms with Crippen molar-refractivity contribution in [2.24, 2.45) is 0 Å². The fourth-order valence-corrected chi connectivity index (χ4v) is 5.65. The number of para-hydroxylation sites is 1. The summed E-state index contributed by atoms with van der Waals surface area (Å²) in [5.41, 5.74) is 2.01. The van der Waals surface area contributed by atoms with Crippen LogP contribution < -0.4 is 9.47 Å². The number of hydrogen-bond acceptors (Lipinski definition) is 4. The molecule has 0 aromatic heterocycles. The lowest BCUT2D eigenvalue weighted by Crippen LogP contribution is -2.38. The van der Waals surface area contributed by atoms with Crippen molar-refractivity contribution >= 4 is 15.4 Å². The first-order chi connectivity index (χ1) is 10.1.